The predicted octanol–water partition coefficient (Wildman–Crippen LogP) is 5.41. The fourth-order valence-corrected chi connectivity index (χ4v) is 2.21. The number of carbonyl (C=O) groups excluding carboxylic acids is 1. The Morgan fingerprint density at radius 3 is 2.54 bits per heavy atom. The van der Waals surface area contributed by atoms with Gasteiger partial charge in [-0.2, -0.15) is 0 Å². The SMILES string of the molecule is C/C(O)=C(\N=Nc1ccc(Cl)cc1[N+](=O)[O-])C(=O)Nc1ccccc1Cl. The van der Waals surface area contributed by atoms with E-state index in [2.05, 4.69) is 15.5 Å². The highest BCUT2D eigenvalue weighted by molar-refractivity contribution is 6.33. The number of aliphatic hydroxyl groups is 1. The average molecular weight is 395 g/mol. The zero-order valence-corrected chi connectivity index (χ0v) is 14.8. The van der Waals surface area contributed by atoms with Crippen LogP contribution in [0.5, 0.6) is 0 Å². The zero-order chi connectivity index (χ0) is 19.3. The van der Waals surface area contributed by atoms with Gasteiger partial charge in [0, 0.05) is 11.1 Å². The topological polar surface area (TPSA) is 117 Å². The lowest BCUT2D eigenvalue weighted by molar-refractivity contribution is -0.384. The first-order valence-corrected chi connectivity index (χ1v) is 7.86. The summed E-state index contributed by atoms with van der Waals surface area (Å²) in [5.74, 6) is -1.20. The minimum atomic E-state index is -0.779. The lowest BCUT2D eigenvalue weighted by Gasteiger charge is -2.07. The molecule has 0 saturated carbocycles. The maximum Gasteiger partial charge on any atom is 0.298 e. The van der Waals surface area contributed by atoms with Crippen molar-refractivity contribution in [2.75, 3.05) is 5.32 Å². The Bertz CT molecular complexity index is 924. The lowest BCUT2D eigenvalue weighted by atomic mass is 10.3. The number of nitrogens with zero attached hydrogens (tertiary/aromatic N) is 3. The number of nitro benzene ring substituents is 1. The Hall–Kier alpha value is -2.97. The van der Waals surface area contributed by atoms with Crippen LogP contribution in [0.25, 0.3) is 0 Å². The van der Waals surface area contributed by atoms with Crippen LogP contribution in [0.4, 0.5) is 17.1 Å². The molecule has 0 saturated heterocycles. The number of amides is 1. The molecule has 134 valence electrons. The predicted molar refractivity (Wildman–Crippen MR) is 98.0 cm³/mol. The first kappa shape index (κ1) is 19.4. The molecule has 0 bridgehead atoms. The zero-order valence-electron chi connectivity index (χ0n) is 13.3. The van der Waals surface area contributed by atoms with Gasteiger partial charge in [0.2, 0.25) is 0 Å². The second-order valence-electron chi connectivity index (χ2n) is 4.96. The quantitative estimate of drug-likeness (QED) is 0.231. The van der Waals surface area contributed by atoms with Crippen LogP contribution in [-0.4, -0.2) is 15.9 Å². The number of para-hydroxylation sites is 1. The van der Waals surface area contributed by atoms with Crippen molar-refractivity contribution in [3.05, 3.63) is 74.1 Å². The van der Waals surface area contributed by atoms with Crippen molar-refractivity contribution >= 4 is 46.2 Å². The van der Waals surface area contributed by atoms with Gasteiger partial charge in [0.05, 0.1) is 15.6 Å². The Morgan fingerprint density at radius 1 is 1.23 bits per heavy atom. The Morgan fingerprint density at radius 2 is 1.92 bits per heavy atom. The summed E-state index contributed by atoms with van der Waals surface area (Å²) in [6.45, 7) is 1.23. The molecule has 10 heteroatoms. The van der Waals surface area contributed by atoms with Crippen LogP contribution < -0.4 is 5.32 Å². The number of carbonyl (C=O) groups is 1. The molecule has 2 N–H and O–H groups in total. The van der Waals surface area contributed by atoms with Gasteiger partial charge in [-0.15, -0.1) is 10.2 Å². The fourth-order valence-electron chi connectivity index (χ4n) is 1.86. The first-order valence-electron chi connectivity index (χ1n) is 7.11. The lowest BCUT2D eigenvalue weighted by Crippen LogP contribution is -2.14. The van der Waals surface area contributed by atoms with Crippen LogP contribution >= 0.6 is 23.2 Å². The summed E-state index contributed by atoms with van der Waals surface area (Å²) >= 11 is 11.7. The molecule has 2 rings (SSSR count). The van der Waals surface area contributed by atoms with Crippen molar-refractivity contribution in [3.8, 4) is 0 Å². The maximum absolute atomic E-state index is 12.3. The number of hydrogen-bond acceptors (Lipinski definition) is 6. The Balaban J connectivity index is 2.31. The molecule has 26 heavy (non-hydrogen) atoms. The van der Waals surface area contributed by atoms with E-state index in [9.17, 15) is 20.0 Å². The van der Waals surface area contributed by atoms with Gasteiger partial charge in [0.15, 0.2) is 11.4 Å². The Labute approximate surface area is 157 Å². The molecule has 0 spiro atoms. The van der Waals surface area contributed by atoms with Crippen LogP contribution in [0.3, 0.4) is 0 Å². The molecule has 0 aliphatic carbocycles. The monoisotopic (exact) mass is 394 g/mol. The minimum Gasteiger partial charge on any atom is -0.510 e. The third kappa shape index (κ3) is 4.78. The summed E-state index contributed by atoms with van der Waals surface area (Å²) in [5.41, 5.74) is -0.619. The number of halogens is 2. The van der Waals surface area contributed by atoms with Crippen LogP contribution in [0.15, 0.2) is 64.1 Å². The normalized spacial score (nSPS) is 12.0. The maximum atomic E-state index is 12.3. The number of azo groups is 1. The van der Waals surface area contributed by atoms with E-state index in [0.717, 1.165) is 6.07 Å². The van der Waals surface area contributed by atoms with Gasteiger partial charge in [-0.25, -0.2) is 0 Å². The van der Waals surface area contributed by atoms with Crippen molar-refractivity contribution in [1.29, 1.82) is 0 Å². The largest absolute Gasteiger partial charge is 0.510 e. The first-order chi connectivity index (χ1) is 12.3. The van der Waals surface area contributed by atoms with Gasteiger partial charge in [-0.1, -0.05) is 35.3 Å². The van der Waals surface area contributed by atoms with Gasteiger partial charge < -0.3 is 10.4 Å². The Kier molecular flexibility index (Phi) is 6.26. The summed E-state index contributed by atoms with van der Waals surface area (Å²) in [4.78, 5) is 22.7. The van der Waals surface area contributed by atoms with E-state index in [1.165, 1.54) is 19.1 Å². The van der Waals surface area contributed by atoms with Crippen LogP contribution in [0, 0.1) is 10.1 Å². The summed E-state index contributed by atoms with van der Waals surface area (Å²) in [7, 11) is 0. The molecule has 2 aromatic rings. The molecular formula is C16H12Cl2N4O4. The van der Waals surface area contributed by atoms with E-state index in [-0.39, 0.29) is 16.4 Å². The van der Waals surface area contributed by atoms with Crippen molar-refractivity contribution < 1.29 is 14.8 Å². The van der Waals surface area contributed by atoms with Gasteiger partial charge in [-0.05, 0) is 31.2 Å². The van der Waals surface area contributed by atoms with E-state index in [1.807, 2.05) is 0 Å². The highest BCUT2D eigenvalue weighted by Crippen LogP contribution is 2.31. The third-order valence-corrected chi connectivity index (χ3v) is 3.64. The molecule has 8 nitrogen and oxygen atoms in total. The van der Waals surface area contributed by atoms with Crippen molar-refractivity contribution in [3.63, 3.8) is 0 Å². The highest BCUT2D eigenvalue weighted by atomic mass is 35.5. The fraction of sp³-hybridized carbons (Fsp3) is 0.0625. The van der Waals surface area contributed by atoms with Crippen LogP contribution in [0.2, 0.25) is 10.0 Å². The summed E-state index contributed by atoms with van der Waals surface area (Å²) < 4.78 is 0. The number of benzene rings is 2. The number of allylic oxidation sites excluding steroid dienone is 1. The van der Waals surface area contributed by atoms with E-state index in [0.29, 0.717) is 10.7 Å². The van der Waals surface area contributed by atoms with Gasteiger partial charge >= 0.3 is 0 Å². The molecular weight excluding hydrogens is 383 g/mol. The molecule has 0 radical (unpaired) electrons. The standard InChI is InChI=1S/C16H12Cl2N4O4/c1-9(23)15(16(24)19-12-5-3-2-4-11(12)18)21-20-13-7-6-10(17)8-14(13)22(25)26/h2-8,23H,1H3,(H,19,24)/b15-9+,21-20?. The molecule has 0 atom stereocenters. The van der Waals surface area contributed by atoms with Gasteiger partial charge in [-0.3, -0.25) is 14.9 Å². The van der Waals surface area contributed by atoms with Gasteiger partial charge in [0.25, 0.3) is 11.6 Å². The molecule has 0 aliphatic heterocycles. The van der Waals surface area contributed by atoms with E-state index in [4.69, 9.17) is 23.2 Å². The summed E-state index contributed by atoms with van der Waals surface area (Å²) in [6.07, 6.45) is 0. The smallest absolute Gasteiger partial charge is 0.298 e. The van der Waals surface area contributed by atoms with Crippen molar-refractivity contribution in [2.45, 2.75) is 6.92 Å². The number of hydrogen-bond donors (Lipinski definition) is 2. The summed E-state index contributed by atoms with van der Waals surface area (Å²) in [5, 5.41) is 31.0. The van der Waals surface area contributed by atoms with E-state index in [1.54, 1.807) is 24.3 Å². The second kappa shape index (κ2) is 8.41. The second-order valence-corrected chi connectivity index (χ2v) is 5.80. The number of rotatable bonds is 5. The van der Waals surface area contributed by atoms with E-state index < -0.39 is 22.3 Å². The van der Waals surface area contributed by atoms with E-state index >= 15 is 0 Å². The average Bonchev–Trinajstić information content (AvgIpc) is 2.57. The number of nitrogens with one attached hydrogen (secondary N) is 1. The third-order valence-electron chi connectivity index (χ3n) is 3.07. The molecule has 1 amide bonds. The number of nitro groups is 1. The van der Waals surface area contributed by atoms with Crippen molar-refractivity contribution in [2.24, 2.45) is 10.2 Å². The number of anilines is 1. The number of aliphatic hydroxyl groups excluding tert-OH is 1. The van der Waals surface area contributed by atoms with Crippen LogP contribution in [-0.2, 0) is 4.79 Å². The molecule has 2 aromatic carbocycles. The summed E-state index contributed by atoms with van der Waals surface area (Å²) in [6, 6.07) is 10.3. The molecule has 0 unspecified atom stereocenters. The molecule has 0 aromatic heterocycles. The molecule has 0 fully saturated rings. The van der Waals surface area contributed by atoms with Gasteiger partial charge in [0.1, 0.15) is 5.76 Å². The molecule has 0 aliphatic rings. The van der Waals surface area contributed by atoms with Crippen molar-refractivity contribution in [1.82, 2.24) is 0 Å². The minimum absolute atomic E-state index is 0.122. The van der Waals surface area contributed by atoms with Crippen LogP contribution in [0.1, 0.15) is 6.92 Å². The highest BCUT2D eigenvalue weighted by Gasteiger charge is 2.17. The molecule has 0 heterocycles.